The minimum atomic E-state index is -0.582. The molecule has 0 unspecified atom stereocenters. The Morgan fingerprint density at radius 2 is 1.82 bits per heavy atom. The van der Waals surface area contributed by atoms with E-state index in [1.807, 2.05) is 63.2 Å². The third-order valence-corrected chi connectivity index (χ3v) is 3.31. The van der Waals surface area contributed by atoms with E-state index in [0.717, 1.165) is 16.5 Å². The van der Waals surface area contributed by atoms with Crippen molar-refractivity contribution in [2.75, 3.05) is 11.5 Å². The fourth-order valence-electron chi connectivity index (χ4n) is 2.26. The summed E-state index contributed by atoms with van der Waals surface area (Å²) in [7, 11) is 0. The van der Waals surface area contributed by atoms with Crippen molar-refractivity contribution in [3.8, 4) is 0 Å². The smallest absolute Gasteiger partial charge is 0.415 e. The molecule has 1 amide bonds. The number of hydrogen-bond acceptors (Lipinski definition) is 3. The molecule has 22 heavy (non-hydrogen) atoms. The molecule has 0 heterocycles. The predicted octanol–water partition coefficient (Wildman–Crippen LogP) is 3.96. The monoisotopic (exact) mass is 301 g/mol. The molecule has 0 fully saturated rings. The number of amides is 1. The number of anilines is 1. The Morgan fingerprint density at radius 1 is 1.18 bits per heavy atom. The third kappa shape index (κ3) is 3.77. The molecule has 0 bridgehead atoms. The Hall–Kier alpha value is -2.07. The highest BCUT2D eigenvalue weighted by molar-refractivity contribution is 5.93. The molecule has 0 aliphatic rings. The highest BCUT2D eigenvalue weighted by Gasteiger charge is 2.27. The summed E-state index contributed by atoms with van der Waals surface area (Å²) in [6.45, 7) is 7.14. The van der Waals surface area contributed by atoms with Crippen molar-refractivity contribution in [3.63, 3.8) is 0 Å². The van der Waals surface area contributed by atoms with E-state index in [-0.39, 0.29) is 12.6 Å². The summed E-state index contributed by atoms with van der Waals surface area (Å²) in [5.74, 6) is 0. The normalized spacial score (nSPS) is 13.0. The molecule has 1 atom stereocenters. The van der Waals surface area contributed by atoms with Gasteiger partial charge in [0.15, 0.2) is 0 Å². The van der Waals surface area contributed by atoms with Gasteiger partial charge in [-0.15, -0.1) is 0 Å². The molecule has 118 valence electrons. The topological polar surface area (TPSA) is 49.8 Å². The first kappa shape index (κ1) is 16.3. The number of benzene rings is 2. The van der Waals surface area contributed by atoms with Gasteiger partial charge in [0.25, 0.3) is 0 Å². The maximum absolute atomic E-state index is 12.5. The second kappa shape index (κ2) is 6.36. The van der Waals surface area contributed by atoms with Crippen LogP contribution < -0.4 is 4.90 Å². The molecular formula is C18H23NO3. The van der Waals surface area contributed by atoms with Crippen LogP contribution in [-0.4, -0.2) is 29.4 Å². The molecule has 1 N–H and O–H groups in total. The second-order valence-corrected chi connectivity index (χ2v) is 6.41. The molecule has 0 saturated heterocycles. The maximum Gasteiger partial charge on any atom is 0.415 e. The van der Waals surface area contributed by atoms with Crippen molar-refractivity contribution in [2.24, 2.45) is 0 Å². The zero-order chi connectivity index (χ0) is 16.3. The van der Waals surface area contributed by atoms with Crippen LogP contribution in [-0.2, 0) is 4.74 Å². The van der Waals surface area contributed by atoms with Gasteiger partial charge in [-0.25, -0.2) is 4.79 Å². The first-order valence-electron chi connectivity index (χ1n) is 7.43. The van der Waals surface area contributed by atoms with E-state index in [4.69, 9.17) is 4.74 Å². The van der Waals surface area contributed by atoms with Gasteiger partial charge < -0.3 is 9.84 Å². The fourth-order valence-corrected chi connectivity index (χ4v) is 2.26. The van der Waals surface area contributed by atoms with Crippen LogP contribution >= 0.6 is 0 Å². The molecule has 0 spiro atoms. The summed E-state index contributed by atoms with van der Waals surface area (Å²) in [4.78, 5) is 14.0. The van der Waals surface area contributed by atoms with Gasteiger partial charge in [-0.3, -0.25) is 4.90 Å². The summed E-state index contributed by atoms with van der Waals surface area (Å²) in [6.07, 6.45) is -0.454. The minimum absolute atomic E-state index is 0.133. The van der Waals surface area contributed by atoms with E-state index >= 15 is 0 Å². The van der Waals surface area contributed by atoms with E-state index in [9.17, 15) is 9.90 Å². The summed E-state index contributed by atoms with van der Waals surface area (Å²) in [5, 5.41) is 11.6. The SMILES string of the molecule is C[C@@H](CO)N(C(=O)OC(C)(C)C)c1ccc2ccccc2c1. The summed E-state index contributed by atoms with van der Waals surface area (Å²) in [5.41, 5.74) is 0.135. The zero-order valence-electron chi connectivity index (χ0n) is 13.5. The molecule has 2 aromatic carbocycles. The van der Waals surface area contributed by atoms with Crippen LogP contribution in [0.1, 0.15) is 27.7 Å². The number of fused-ring (bicyclic) bond motifs is 1. The Kier molecular flexibility index (Phi) is 4.71. The van der Waals surface area contributed by atoms with E-state index in [1.54, 1.807) is 6.92 Å². The number of carbonyl (C=O) groups excluding carboxylic acids is 1. The lowest BCUT2D eigenvalue weighted by Crippen LogP contribution is -2.44. The number of ether oxygens (including phenoxy) is 1. The lowest BCUT2D eigenvalue weighted by atomic mass is 10.1. The number of nitrogens with zero attached hydrogens (tertiary/aromatic N) is 1. The molecule has 4 nitrogen and oxygen atoms in total. The molecule has 0 aliphatic carbocycles. The maximum atomic E-state index is 12.5. The van der Waals surface area contributed by atoms with Gasteiger partial charge in [-0.05, 0) is 50.6 Å². The molecule has 2 rings (SSSR count). The Balaban J connectivity index is 2.40. The molecular weight excluding hydrogens is 278 g/mol. The Labute approximate surface area is 131 Å². The zero-order valence-corrected chi connectivity index (χ0v) is 13.5. The van der Waals surface area contributed by atoms with Crippen molar-refractivity contribution >= 4 is 22.6 Å². The van der Waals surface area contributed by atoms with Crippen molar-refractivity contribution in [2.45, 2.75) is 39.3 Å². The van der Waals surface area contributed by atoms with Gasteiger partial charge in [-0.2, -0.15) is 0 Å². The second-order valence-electron chi connectivity index (χ2n) is 6.41. The van der Waals surface area contributed by atoms with Gasteiger partial charge in [0.2, 0.25) is 0 Å². The first-order chi connectivity index (χ1) is 10.3. The van der Waals surface area contributed by atoms with Crippen LogP contribution in [0.5, 0.6) is 0 Å². The summed E-state index contributed by atoms with van der Waals surface area (Å²) < 4.78 is 5.47. The molecule has 2 aromatic rings. The number of rotatable bonds is 3. The van der Waals surface area contributed by atoms with E-state index in [0.29, 0.717) is 0 Å². The van der Waals surface area contributed by atoms with Gasteiger partial charge in [-0.1, -0.05) is 30.3 Å². The predicted molar refractivity (Wildman–Crippen MR) is 89.2 cm³/mol. The summed E-state index contributed by atoms with van der Waals surface area (Å²) >= 11 is 0. The van der Waals surface area contributed by atoms with E-state index < -0.39 is 11.7 Å². The van der Waals surface area contributed by atoms with Crippen LogP contribution in [0.3, 0.4) is 0 Å². The Bertz CT molecular complexity index is 661. The average Bonchev–Trinajstić information content (AvgIpc) is 2.45. The van der Waals surface area contributed by atoms with Crippen molar-refractivity contribution in [1.29, 1.82) is 0 Å². The van der Waals surface area contributed by atoms with Crippen molar-refractivity contribution in [1.82, 2.24) is 0 Å². The number of carbonyl (C=O) groups is 1. The lowest BCUT2D eigenvalue weighted by molar-refractivity contribution is 0.0555. The quantitative estimate of drug-likeness (QED) is 0.933. The van der Waals surface area contributed by atoms with Crippen LogP contribution in [0.15, 0.2) is 42.5 Å². The molecule has 0 radical (unpaired) electrons. The van der Waals surface area contributed by atoms with Crippen molar-refractivity contribution < 1.29 is 14.6 Å². The van der Waals surface area contributed by atoms with E-state index in [2.05, 4.69) is 0 Å². The minimum Gasteiger partial charge on any atom is -0.443 e. The molecule has 4 heteroatoms. The Morgan fingerprint density at radius 3 is 2.41 bits per heavy atom. The largest absolute Gasteiger partial charge is 0.443 e. The fraction of sp³-hybridized carbons (Fsp3) is 0.389. The lowest BCUT2D eigenvalue weighted by Gasteiger charge is -2.31. The standard InChI is InChI=1S/C18H23NO3/c1-13(12-20)19(17(21)22-18(2,3)4)16-10-9-14-7-5-6-8-15(14)11-16/h5-11,13,20H,12H2,1-4H3/t13-/m0/s1. The average molecular weight is 301 g/mol. The van der Waals surface area contributed by atoms with Gasteiger partial charge in [0.1, 0.15) is 5.60 Å². The van der Waals surface area contributed by atoms with Gasteiger partial charge in [0, 0.05) is 5.69 Å². The molecule has 0 aromatic heterocycles. The first-order valence-corrected chi connectivity index (χ1v) is 7.43. The number of hydrogen-bond donors (Lipinski definition) is 1. The van der Waals surface area contributed by atoms with Crippen LogP contribution in [0.4, 0.5) is 10.5 Å². The van der Waals surface area contributed by atoms with Crippen molar-refractivity contribution in [3.05, 3.63) is 42.5 Å². The van der Waals surface area contributed by atoms with Gasteiger partial charge >= 0.3 is 6.09 Å². The number of aliphatic hydroxyl groups excluding tert-OH is 1. The molecule has 0 saturated carbocycles. The number of aliphatic hydroxyl groups is 1. The highest BCUT2D eigenvalue weighted by atomic mass is 16.6. The van der Waals surface area contributed by atoms with Gasteiger partial charge in [0.05, 0.1) is 12.6 Å². The van der Waals surface area contributed by atoms with E-state index in [1.165, 1.54) is 4.90 Å². The van der Waals surface area contributed by atoms with Crippen LogP contribution in [0.2, 0.25) is 0 Å². The summed E-state index contributed by atoms with van der Waals surface area (Å²) in [6, 6.07) is 13.4. The highest BCUT2D eigenvalue weighted by Crippen LogP contribution is 2.25. The molecule has 0 aliphatic heterocycles. The third-order valence-electron chi connectivity index (χ3n) is 3.31. The van der Waals surface area contributed by atoms with Crippen LogP contribution in [0.25, 0.3) is 10.8 Å². The van der Waals surface area contributed by atoms with Crippen LogP contribution in [0, 0.1) is 0 Å².